The summed E-state index contributed by atoms with van der Waals surface area (Å²) in [5, 5.41) is 0. The predicted octanol–water partition coefficient (Wildman–Crippen LogP) is 2.77. The molecule has 4 nitrogen and oxygen atoms in total. The van der Waals surface area contributed by atoms with Crippen LogP contribution in [0.2, 0.25) is 0 Å². The molecule has 0 radical (unpaired) electrons. The highest BCUT2D eigenvalue weighted by Crippen LogP contribution is 2.41. The molecule has 2 aliphatic heterocycles. The van der Waals surface area contributed by atoms with Crippen molar-refractivity contribution < 1.29 is 9.59 Å². The monoisotopic (exact) mass is 264 g/mol. The molecule has 1 aliphatic carbocycles. The van der Waals surface area contributed by atoms with Crippen molar-refractivity contribution in [1.82, 2.24) is 9.80 Å². The average molecular weight is 264 g/mol. The molecule has 3 fully saturated rings. The Morgan fingerprint density at radius 1 is 1.11 bits per heavy atom. The number of piperidine rings is 1. The molecule has 3 aliphatic rings. The molecule has 0 spiro atoms. The van der Waals surface area contributed by atoms with E-state index in [1.807, 2.05) is 4.90 Å². The Balaban J connectivity index is 1.79. The van der Waals surface area contributed by atoms with E-state index in [0.717, 1.165) is 32.1 Å². The number of hydrogen-bond donors (Lipinski definition) is 0. The van der Waals surface area contributed by atoms with Crippen LogP contribution < -0.4 is 0 Å². The third-order valence-corrected chi connectivity index (χ3v) is 5.11. The van der Waals surface area contributed by atoms with Gasteiger partial charge in [0.2, 0.25) is 0 Å². The Morgan fingerprint density at radius 3 is 2.68 bits per heavy atom. The van der Waals surface area contributed by atoms with Gasteiger partial charge in [0.15, 0.2) is 0 Å². The number of hydrogen-bond acceptors (Lipinski definition) is 2. The maximum atomic E-state index is 12.5. The number of amides is 3. The summed E-state index contributed by atoms with van der Waals surface area (Å²) in [6.45, 7) is 2.70. The van der Waals surface area contributed by atoms with Crippen LogP contribution in [0.1, 0.15) is 58.3 Å². The summed E-state index contributed by atoms with van der Waals surface area (Å²) in [5.74, 6) is 0.718. The lowest BCUT2D eigenvalue weighted by Gasteiger charge is -2.44. The quantitative estimate of drug-likeness (QED) is 0.735. The van der Waals surface area contributed by atoms with Crippen LogP contribution in [-0.4, -0.2) is 40.4 Å². The molecule has 106 valence electrons. The van der Waals surface area contributed by atoms with Crippen LogP contribution in [-0.2, 0) is 4.79 Å². The van der Waals surface area contributed by atoms with Gasteiger partial charge in [0.25, 0.3) is 5.91 Å². The minimum absolute atomic E-state index is 0.0000463. The highest BCUT2D eigenvalue weighted by atomic mass is 16.2. The van der Waals surface area contributed by atoms with E-state index in [4.69, 9.17) is 0 Å². The number of carbonyl (C=O) groups excluding carboxylic acids is 2. The van der Waals surface area contributed by atoms with Crippen LogP contribution in [0.3, 0.4) is 0 Å². The van der Waals surface area contributed by atoms with E-state index in [1.54, 1.807) is 0 Å². The van der Waals surface area contributed by atoms with Gasteiger partial charge in [0, 0.05) is 12.6 Å². The molecule has 4 heteroatoms. The van der Waals surface area contributed by atoms with Crippen molar-refractivity contribution in [2.75, 3.05) is 6.54 Å². The van der Waals surface area contributed by atoms with Crippen molar-refractivity contribution in [3.63, 3.8) is 0 Å². The SMILES string of the molecule is CCCCN1C(=O)C2CCC3CCCCC3N2C1=O. The predicted molar refractivity (Wildman–Crippen MR) is 72.6 cm³/mol. The minimum Gasteiger partial charge on any atom is -0.309 e. The third-order valence-electron chi connectivity index (χ3n) is 5.11. The molecule has 19 heavy (non-hydrogen) atoms. The molecule has 0 aromatic heterocycles. The molecule has 3 unspecified atom stereocenters. The highest BCUT2D eigenvalue weighted by Gasteiger charge is 2.51. The summed E-state index contributed by atoms with van der Waals surface area (Å²) in [4.78, 5) is 28.4. The normalized spacial score (nSPS) is 34.5. The zero-order chi connectivity index (χ0) is 13.4. The molecule has 0 bridgehead atoms. The standard InChI is InChI=1S/C15H24N2O2/c1-2-3-10-16-14(18)13-9-8-11-6-4-5-7-12(11)17(13)15(16)19/h11-13H,2-10H2,1H3. The van der Waals surface area contributed by atoms with Gasteiger partial charge in [-0.3, -0.25) is 9.69 Å². The van der Waals surface area contributed by atoms with Crippen LogP contribution in [0.15, 0.2) is 0 Å². The van der Waals surface area contributed by atoms with Crippen LogP contribution in [0.25, 0.3) is 0 Å². The fourth-order valence-electron chi connectivity index (χ4n) is 4.09. The van der Waals surface area contributed by atoms with E-state index < -0.39 is 0 Å². The molecular weight excluding hydrogens is 240 g/mol. The first-order chi connectivity index (χ1) is 9.24. The molecule has 2 saturated heterocycles. The first kappa shape index (κ1) is 12.9. The van der Waals surface area contributed by atoms with E-state index >= 15 is 0 Å². The Hall–Kier alpha value is -1.06. The summed E-state index contributed by atoms with van der Waals surface area (Å²) in [6.07, 6.45) is 8.80. The van der Waals surface area contributed by atoms with Gasteiger partial charge in [-0.2, -0.15) is 0 Å². The smallest absolute Gasteiger partial charge is 0.309 e. The molecule has 3 rings (SSSR count). The van der Waals surface area contributed by atoms with Gasteiger partial charge in [-0.25, -0.2) is 4.79 Å². The number of nitrogens with zero attached hydrogens (tertiary/aromatic N) is 2. The molecule has 2 heterocycles. The van der Waals surface area contributed by atoms with Crippen LogP contribution in [0.4, 0.5) is 4.79 Å². The van der Waals surface area contributed by atoms with Gasteiger partial charge >= 0.3 is 6.03 Å². The maximum Gasteiger partial charge on any atom is 0.327 e. The third kappa shape index (κ3) is 2.05. The van der Waals surface area contributed by atoms with Crippen molar-refractivity contribution in [3.8, 4) is 0 Å². The van der Waals surface area contributed by atoms with E-state index in [0.29, 0.717) is 18.5 Å². The lowest BCUT2D eigenvalue weighted by molar-refractivity contribution is -0.129. The second-order valence-electron chi connectivity index (χ2n) is 6.24. The van der Waals surface area contributed by atoms with Gasteiger partial charge in [-0.1, -0.05) is 26.2 Å². The lowest BCUT2D eigenvalue weighted by atomic mass is 9.77. The van der Waals surface area contributed by atoms with Gasteiger partial charge in [-0.15, -0.1) is 0 Å². The van der Waals surface area contributed by atoms with Crippen molar-refractivity contribution in [2.45, 2.75) is 70.4 Å². The van der Waals surface area contributed by atoms with Gasteiger partial charge < -0.3 is 4.90 Å². The van der Waals surface area contributed by atoms with E-state index in [-0.39, 0.29) is 18.0 Å². The van der Waals surface area contributed by atoms with E-state index in [9.17, 15) is 9.59 Å². The van der Waals surface area contributed by atoms with Gasteiger partial charge in [-0.05, 0) is 38.0 Å². The zero-order valence-corrected chi connectivity index (χ0v) is 11.8. The maximum absolute atomic E-state index is 12.5. The fraction of sp³-hybridized carbons (Fsp3) is 0.867. The first-order valence-electron chi connectivity index (χ1n) is 7.87. The molecular formula is C15H24N2O2. The summed E-state index contributed by atoms with van der Waals surface area (Å²) in [7, 11) is 0. The summed E-state index contributed by atoms with van der Waals surface area (Å²) in [5.41, 5.74) is 0. The number of rotatable bonds is 3. The van der Waals surface area contributed by atoms with Crippen molar-refractivity contribution in [2.24, 2.45) is 5.92 Å². The van der Waals surface area contributed by atoms with Crippen LogP contribution in [0.5, 0.6) is 0 Å². The zero-order valence-electron chi connectivity index (χ0n) is 11.8. The largest absolute Gasteiger partial charge is 0.327 e. The van der Waals surface area contributed by atoms with Gasteiger partial charge in [0.05, 0.1) is 0 Å². The minimum atomic E-state index is -0.135. The molecule has 1 saturated carbocycles. The summed E-state index contributed by atoms with van der Waals surface area (Å²) in [6, 6.07) is 0.208. The number of unbranched alkanes of at least 4 members (excludes halogenated alkanes) is 1. The van der Waals surface area contributed by atoms with Crippen LogP contribution >= 0.6 is 0 Å². The fourth-order valence-corrected chi connectivity index (χ4v) is 4.09. The highest BCUT2D eigenvalue weighted by molar-refractivity contribution is 6.04. The second kappa shape index (κ2) is 5.14. The van der Waals surface area contributed by atoms with E-state index in [1.165, 1.54) is 24.2 Å². The molecule has 0 N–H and O–H groups in total. The van der Waals surface area contributed by atoms with Crippen molar-refractivity contribution in [1.29, 1.82) is 0 Å². The first-order valence-corrected chi connectivity index (χ1v) is 7.87. The average Bonchev–Trinajstić information content (AvgIpc) is 2.69. The molecule has 0 aromatic carbocycles. The Labute approximate surface area is 115 Å². The Kier molecular flexibility index (Phi) is 3.50. The van der Waals surface area contributed by atoms with Crippen molar-refractivity contribution in [3.05, 3.63) is 0 Å². The van der Waals surface area contributed by atoms with Crippen molar-refractivity contribution >= 4 is 11.9 Å². The van der Waals surface area contributed by atoms with Gasteiger partial charge in [0.1, 0.15) is 6.04 Å². The number of urea groups is 1. The Morgan fingerprint density at radius 2 is 1.89 bits per heavy atom. The molecule has 3 atom stereocenters. The summed E-state index contributed by atoms with van der Waals surface area (Å²) >= 11 is 0. The number of imide groups is 1. The van der Waals surface area contributed by atoms with E-state index in [2.05, 4.69) is 6.92 Å². The second-order valence-corrected chi connectivity index (χ2v) is 6.24. The number of carbonyl (C=O) groups is 2. The molecule has 0 aromatic rings. The van der Waals surface area contributed by atoms with Crippen LogP contribution in [0, 0.1) is 5.92 Å². The topological polar surface area (TPSA) is 40.6 Å². The number of fused-ring (bicyclic) bond motifs is 3. The lowest BCUT2D eigenvalue weighted by Crippen LogP contribution is -2.52. The summed E-state index contributed by atoms with van der Waals surface area (Å²) < 4.78 is 0. The Bertz CT molecular complexity index is 382. The molecule has 3 amide bonds.